The van der Waals surface area contributed by atoms with Crippen LogP contribution >= 0.6 is 0 Å². The Morgan fingerprint density at radius 3 is 2.74 bits per heavy atom. The Balaban J connectivity index is 2.24. The van der Waals surface area contributed by atoms with Crippen LogP contribution in [0.2, 0.25) is 0 Å². The average molecular weight is 264 g/mol. The molecule has 19 heavy (non-hydrogen) atoms. The fraction of sp³-hybridized carbons (Fsp3) is 0.625. The highest BCUT2D eigenvalue weighted by atomic mass is 16.5. The van der Waals surface area contributed by atoms with E-state index in [1.807, 2.05) is 25.1 Å². The molecule has 1 aromatic rings. The summed E-state index contributed by atoms with van der Waals surface area (Å²) in [4.78, 5) is 0. The second kappa shape index (κ2) is 5.51. The van der Waals surface area contributed by atoms with Crippen molar-refractivity contribution in [1.82, 2.24) is 0 Å². The first-order valence-corrected chi connectivity index (χ1v) is 6.98. The first-order chi connectivity index (χ1) is 8.93. The molecule has 106 valence electrons. The van der Waals surface area contributed by atoms with Crippen molar-refractivity contribution in [2.24, 2.45) is 5.41 Å². The summed E-state index contributed by atoms with van der Waals surface area (Å²) in [6, 6.07) is 5.93. The van der Waals surface area contributed by atoms with Crippen molar-refractivity contribution >= 4 is 0 Å². The number of hydrogen-bond donors (Lipinski definition) is 1. The Morgan fingerprint density at radius 1 is 1.37 bits per heavy atom. The SMILES string of the molecule is CCOC(C(O)c1ccc2c(c1)CCO2)C(C)(C)C. The van der Waals surface area contributed by atoms with E-state index in [-0.39, 0.29) is 11.5 Å². The highest BCUT2D eigenvalue weighted by Gasteiger charge is 2.33. The zero-order valence-corrected chi connectivity index (χ0v) is 12.3. The minimum absolute atomic E-state index is 0.106. The van der Waals surface area contributed by atoms with Gasteiger partial charge in [-0.1, -0.05) is 26.8 Å². The summed E-state index contributed by atoms with van der Waals surface area (Å²) >= 11 is 0. The van der Waals surface area contributed by atoms with Gasteiger partial charge in [-0.05, 0) is 35.6 Å². The molecule has 3 heteroatoms. The minimum Gasteiger partial charge on any atom is -0.493 e. The van der Waals surface area contributed by atoms with Crippen molar-refractivity contribution in [2.45, 2.75) is 46.3 Å². The van der Waals surface area contributed by atoms with Crippen LogP contribution in [0, 0.1) is 5.41 Å². The van der Waals surface area contributed by atoms with Gasteiger partial charge in [0.2, 0.25) is 0 Å². The molecule has 0 amide bonds. The molecule has 0 spiro atoms. The predicted octanol–water partition coefficient (Wildman–Crippen LogP) is 3.11. The topological polar surface area (TPSA) is 38.7 Å². The van der Waals surface area contributed by atoms with Crippen molar-refractivity contribution < 1.29 is 14.6 Å². The first kappa shape index (κ1) is 14.4. The third-order valence-corrected chi connectivity index (χ3v) is 3.54. The maximum absolute atomic E-state index is 10.6. The number of rotatable bonds is 4. The number of ether oxygens (including phenoxy) is 2. The molecule has 0 saturated carbocycles. The Bertz CT molecular complexity index is 434. The molecule has 3 nitrogen and oxygen atoms in total. The highest BCUT2D eigenvalue weighted by Crippen LogP contribution is 2.35. The monoisotopic (exact) mass is 264 g/mol. The van der Waals surface area contributed by atoms with Gasteiger partial charge in [-0.15, -0.1) is 0 Å². The van der Waals surface area contributed by atoms with Crippen LogP contribution in [0.5, 0.6) is 5.75 Å². The van der Waals surface area contributed by atoms with Crippen LogP contribution in [-0.4, -0.2) is 24.4 Å². The zero-order valence-electron chi connectivity index (χ0n) is 12.3. The van der Waals surface area contributed by atoms with Gasteiger partial charge >= 0.3 is 0 Å². The molecule has 0 aliphatic carbocycles. The number of aliphatic hydroxyl groups excluding tert-OH is 1. The van der Waals surface area contributed by atoms with E-state index in [9.17, 15) is 5.11 Å². The van der Waals surface area contributed by atoms with Crippen LogP contribution in [0.25, 0.3) is 0 Å². The summed E-state index contributed by atoms with van der Waals surface area (Å²) in [5.74, 6) is 0.944. The third-order valence-electron chi connectivity index (χ3n) is 3.54. The Hall–Kier alpha value is -1.06. The van der Waals surface area contributed by atoms with E-state index in [1.165, 1.54) is 5.56 Å². The van der Waals surface area contributed by atoms with Crippen LogP contribution in [0.15, 0.2) is 18.2 Å². The van der Waals surface area contributed by atoms with E-state index in [0.29, 0.717) is 6.61 Å². The van der Waals surface area contributed by atoms with Gasteiger partial charge in [-0.25, -0.2) is 0 Å². The number of hydrogen-bond acceptors (Lipinski definition) is 3. The molecule has 1 aliphatic rings. The molecule has 0 bridgehead atoms. The van der Waals surface area contributed by atoms with Gasteiger partial charge in [-0.2, -0.15) is 0 Å². The van der Waals surface area contributed by atoms with Crippen molar-refractivity contribution in [3.8, 4) is 5.75 Å². The molecular weight excluding hydrogens is 240 g/mol. The maximum Gasteiger partial charge on any atom is 0.122 e. The van der Waals surface area contributed by atoms with Gasteiger partial charge in [0.05, 0.1) is 12.7 Å². The van der Waals surface area contributed by atoms with Crippen LogP contribution in [0.1, 0.15) is 44.9 Å². The molecule has 2 atom stereocenters. The second-order valence-electron chi connectivity index (χ2n) is 6.15. The van der Waals surface area contributed by atoms with E-state index in [1.54, 1.807) is 0 Å². The Labute approximate surface area is 115 Å². The lowest BCUT2D eigenvalue weighted by Gasteiger charge is -2.34. The summed E-state index contributed by atoms with van der Waals surface area (Å²) in [6.07, 6.45) is 0.105. The molecule has 2 unspecified atom stereocenters. The quantitative estimate of drug-likeness (QED) is 0.908. The molecule has 1 aromatic carbocycles. The van der Waals surface area contributed by atoms with Gasteiger partial charge in [0.15, 0.2) is 0 Å². The molecule has 1 N–H and O–H groups in total. The molecule has 1 aliphatic heterocycles. The van der Waals surface area contributed by atoms with Crippen LogP contribution < -0.4 is 4.74 Å². The molecule has 1 heterocycles. The molecule has 0 fully saturated rings. The van der Waals surface area contributed by atoms with Gasteiger partial charge in [0.1, 0.15) is 11.9 Å². The summed E-state index contributed by atoms with van der Waals surface area (Å²) < 4.78 is 11.3. The number of fused-ring (bicyclic) bond motifs is 1. The van der Waals surface area contributed by atoms with Crippen molar-refractivity contribution in [3.63, 3.8) is 0 Å². The fourth-order valence-electron chi connectivity index (χ4n) is 2.56. The second-order valence-corrected chi connectivity index (χ2v) is 6.15. The smallest absolute Gasteiger partial charge is 0.122 e. The van der Waals surface area contributed by atoms with E-state index in [0.717, 1.165) is 24.3 Å². The normalized spacial score (nSPS) is 17.7. The molecule has 0 saturated heterocycles. The van der Waals surface area contributed by atoms with Crippen molar-refractivity contribution in [3.05, 3.63) is 29.3 Å². The van der Waals surface area contributed by atoms with Gasteiger partial charge in [0.25, 0.3) is 0 Å². The Kier molecular flexibility index (Phi) is 4.16. The van der Waals surface area contributed by atoms with Gasteiger partial charge < -0.3 is 14.6 Å². The molecule has 2 rings (SSSR count). The first-order valence-electron chi connectivity index (χ1n) is 6.98. The van der Waals surface area contributed by atoms with E-state index >= 15 is 0 Å². The zero-order chi connectivity index (χ0) is 14.0. The van der Waals surface area contributed by atoms with Crippen LogP contribution in [0.3, 0.4) is 0 Å². The summed E-state index contributed by atoms with van der Waals surface area (Å²) in [5, 5.41) is 10.6. The highest BCUT2D eigenvalue weighted by molar-refractivity contribution is 5.40. The lowest BCUT2D eigenvalue weighted by Crippen LogP contribution is -2.35. The van der Waals surface area contributed by atoms with E-state index in [2.05, 4.69) is 20.8 Å². The standard InChI is InChI=1S/C16H24O3/c1-5-18-15(16(2,3)4)14(17)12-6-7-13-11(10-12)8-9-19-13/h6-7,10,14-15,17H,5,8-9H2,1-4H3. The lowest BCUT2D eigenvalue weighted by molar-refractivity contribution is -0.0899. The van der Waals surface area contributed by atoms with Crippen LogP contribution in [0.4, 0.5) is 0 Å². The average Bonchev–Trinajstić information content (AvgIpc) is 2.80. The molecular formula is C16H24O3. The third kappa shape index (κ3) is 3.10. The summed E-state index contributed by atoms with van der Waals surface area (Å²) in [5.41, 5.74) is 1.99. The minimum atomic E-state index is -0.606. The van der Waals surface area contributed by atoms with E-state index in [4.69, 9.17) is 9.47 Å². The lowest BCUT2D eigenvalue weighted by atomic mass is 9.83. The fourth-order valence-corrected chi connectivity index (χ4v) is 2.56. The Morgan fingerprint density at radius 2 is 2.11 bits per heavy atom. The molecule has 0 aromatic heterocycles. The van der Waals surface area contributed by atoms with E-state index < -0.39 is 6.10 Å². The molecule has 0 radical (unpaired) electrons. The maximum atomic E-state index is 10.6. The van der Waals surface area contributed by atoms with Gasteiger partial charge in [0, 0.05) is 13.0 Å². The van der Waals surface area contributed by atoms with Gasteiger partial charge in [-0.3, -0.25) is 0 Å². The largest absolute Gasteiger partial charge is 0.493 e. The van der Waals surface area contributed by atoms with Crippen molar-refractivity contribution in [1.29, 1.82) is 0 Å². The predicted molar refractivity (Wildman–Crippen MR) is 75.5 cm³/mol. The summed E-state index contributed by atoms with van der Waals surface area (Å²) in [6.45, 7) is 9.57. The number of benzene rings is 1. The van der Waals surface area contributed by atoms with Crippen molar-refractivity contribution in [2.75, 3.05) is 13.2 Å². The number of aliphatic hydroxyl groups is 1. The summed E-state index contributed by atoms with van der Waals surface area (Å²) in [7, 11) is 0. The van der Waals surface area contributed by atoms with Crippen LogP contribution in [-0.2, 0) is 11.2 Å².